The van der Waals surface area contributed by atoms with E-state index in [4.69, 9.17) is 0 Å². The molecule has 0 bridgehead atoms. The van der Waals surface area contributed by atoms with Crippen LogP contribution in [-0.4, -0.2) is 36.3 Å². The van der Waals surface area contributed by atoms with Crippen molar-refractivity contribution in [3.05, 3.63) is 0 Å². The molecule has 0 aromatic heterocycles. The van der Waals surface area contributed by atoms with Crippen LogP contribution in [0, 0.1) is 0 Å². The van der Waals surface area contributed by atoms with Gasteiger partial charge in [-0.05, 0) is 0 Å². The number of amides is 6. The van der Waals surface area contributed by atoms with Gasteiger partial charge in [-0.1, -0.05) is 9.05 Å². The topological polar surface area (TPSA) is 152 Å². The summed E-state index contributed by atoms with van der Waals surface area (Å²) in [5, 5.41) is 7.68. The van der Waals surface area contributed by atoms with E-state index >= 15 is 0 Å². The number of nitrogens with one attached hydrogen (secondary N) is 4. The number of carbonyl (C=O) groups is 4. The Morgan fingerprint density at radius 1 is 0.833 bits per heavy atom. The average Bonchev–Trinajstić information content (AvgIpc) is 2.71. The molecule has 4 N–H and O–H groups in total. The highest BCUT2D eigenvalue weighted by atomic mass is 31.1. The standard InChI is InChI=1S/C6H5N4O7P/c11-1-3(9-5(13)7-1)16-18(15)17-4-2(12)8-6(14)10-4/h3-4H,(H3-,7,8,9,10,11,12,13,14)/p+1. The number of hydrogen-bond acceptors (Lipinski definition) is 7. The number of carbonyl (C=O) groups excluding carboxylic acids is 4. The number of hydrogen-bond donors (Lipinski definition) is 4. The fourth-order valence-corrected chi connectivity index (χ4v) is 1.83. The molecule has 0 radical (unpaired) electrons. The summed E-state index contributed by atoms with van der Waals surface area (Å²) < 4.78 is 20.4. The third-order valence-corrected chi connectivity index (χ3v) is 2.62. The van der Waals surface area contributed by atoms with E-state index in [2.05, 4.69) is 9.05 Å². The average molecular weight is 277 g/mol. The summed E-state index contributed by atoms with van der Waals surface area (Å²) in [6.45, 7) is 0. The summed E-state index contributed by atoms with van der Waals surface area (Å²) in [7, 11) is -2.90. The molecule has 0 spiro atoms. The van der Waals surface area contributed by atoms with E-state index in [0.717, 1.165) is 0 Å². The molecular weight excluding hydrogens is 271 g/mol. The first-order chi connectivity index (χ1) is 8.45. The van der Waals surface area contributed by atoms with Crippen LogP contribution in [0.4, 0.5) is 9.59 Å². The number of imide groups is 2. The zero-order valence-corrected chi connectivity index (χ0v) is 9.35. The second kappa shape index (κ2) is 4.64. The van der Waals surface area contributed by atoms with Gasteiger partial charge in [0.2, 0.25) is 0 Å². The van der Waals surface area contributed by atoms with Crippen LogP contribution < -0.4 is 21.3 Å². The van der Waals surface area contributed by atoms with Crippen LogP contribution in [0.2, 0.25) is 0 Å². The van der Waals surface area contributed by atoms with Crippen LogP contribution in [0.25, 0.3) is 0 Å². The van der Waals surface area contributed by atoms with Crippen molar-refractivity contribution < 1.29 is 32.8 Å². The largest absolute Gasteiger partial charge is 0.702 e. The summed E-state index contributed by atoms with van der Waals surface area (Å²) >= 11 is 0. The van der Waals surface area contributed by atoms with Gasteiger partial charge >= 0.3 is 20.3 Å². The van der Waals surface area contributed by atoms with Gasteiger partial charge in [0.05, 0.1) is 0 Å². The van der Waals surface area contributed by atoms with Crippen molar-refractivity contribution in [2.75, 3.05) is 0 Å². The van der Waals surface area contributed by atoms with Crippen molar-refractivity contribution in [2.24, 2.45) is 0 Å². The van der Waals surface area contributed by atoms with Gasteiger partial charge in [0.1, 0.15) is 0 Å². The molecule has 0 saturated carbocycles. The van der Waals surface area contributed by atoms with Crippen LogP contribution in [0.15, 0.2) is 0 Å². The van der Waals surface area contributed by atoms with Gasteiger partial charge in [0.25, 0.3) is 24.3 Å². The van der Waals surface area contributed by atoms with Crippen LogP contribution in [0.3, 0.4) is 0 Å². The van der Waals surface area contributed by atoms with Crippen molar-refractivity contribution >= 4 is 32.1 Å². The Balaban J connectivity index is 1.86. The van der Waals surface area contributed by atoms with Crippen LogP contribution in [-0.2, 0) is 23.2 Å². The number of urea groups is 2. The summed E-state index contributed by atoms with van der Waals surface area (Å²) in [5.74, 6) is -1.68. The third-order valence-electron chi connectivity index (χ3n) is 1.86. The van der Waals surface area contributed by atoms with Gasteiger partial charge in [0.15, 0.2) is 0 Å². The Morgan fingerprint density at radius 2 is 1.22 bits per heavy atom. The van der Waals surface area contributed by atoms with Crippen molar-refractivity contribution in [2.45, 2.75) is 12.5 Å². The maximum atomic E-state index is 11.3. The minimum Gasteiger partial charge on any atom is -0.300 e. The van der Waals surface area contributed by atoms with E-state index in [1.165, 1.54) is 0 Å². The highest BCUT2D eigenvalue weighted by molar-refractivity contribution is 7.33. The summed E-state index contributed by atoms with van der Waals surface area (Å²) in [5.41, 5.74) is 0. The molecule has 12 heteroatoms. The van der Waals surface area contributed by atoms with E-state index in [-0.39, 0.29) is 0 Å². The SMILES string of the molecule is O=C1NC(=O)C(O[P+](=O)OC2NC(=O)NC2=O)N1. The lowest BCUT2D eigenvalue weighted by atomic mass is 10.6. The maximum Gasteiger partial charge on any atom is 0.702 e. The van der Waals surface area contributed by atoms with Crippen molar-refractivity contribution in [1.82, 2.24) is 21.3 Å². The Labute approximate surface area is 99.5 Å². The quantitative estimate of drug-likeness (QED) is 0.342. The Bertz CT molecular complexity index is 425. The highest BCUT2D eigenvalue weighted by Crippen LogP contribution is 2.28. The molecule has 2 aliphatic heterocycles. The van der Waals surface area contributed by atoms with Gasteiger partial charge in [-0.2, -0.15) is 0 Å². The van der Waals surface area contributed by atoms with Gasteiger partial charge in [-0.15, -0.1) is 0 Å². The molecule has 0 aliphatic carbocycles. The molecule has 2 unspecified atom stereocenters. The minimum atomic E-state index is -2.90. The molecule has 11 nitrogen and oxygen atoms in total. The first-order valence-corrected chi connectivity index (χ1v) is 5.59. The molecule has 2 atom stereocenters. The summed E-state index contributed by atoms with van der Waals surface area (Å²) in [6, 6.07) is -1.61. The molecule has 6 amide bonds. The summed E-state index contributed by atoms with van der Waals surface area (Å²) in [6.07, 6.45) is -2.94. The smallest absolute Gasteiger partial charge is 0.300 e. The fourth-order valence-electron chi connectivity index (χ4n) is 1.14. The maximum absolute atomic E-state index is 11.3. The first-order valence-electron chi connectivity index (χ1n) is 4.49. The van der Waals surface area contributed by atoms with Crippen molar-refractivity contribution in [3.8, 4) is 0 Å². The normalized spacial score (nSPS) is 27.4. The van der Waals surface area contributed by atoms with E-state index in [1.807, 2.05) is 21.3 Å². The molecular formula is C6H6N4O7P+. The van der Waals surface area contributed by atoms with Gasteiger partial charge in [-0.3, -0.25) is 20.2 Å². The van der Waals surface area contributed by atoms with E-state index < -0.39 is 44.6 Å². The van der Waals surface area contributed by atoms with Gasteiger partial charge < -0.3 is 10.6 Å². The minimum absolute atomic E-state index is 0.805. The second-order valence-electron chi connectivity index (χ2n) is 3.12. The van der Waals surface area contributed by atoms with Crippen molar-refractivity contribution in [1.29, 1.82) is 0 Å². The fraction of sp³-hybridized carbons (Fsp3) is 0.333. The Kier molecular flexibility index (Phi) is 3.19. The van der Waals surface area contributed by atoms with E-state index in [0.29, 0.717) is 0 Å². The Morgan fingerprint density at radius 3 is 1.50 bits per heavy atom. The van der Waals surface area contributed by atoms with Crippen molar-refractivity contribution in [3.63, 3.8) is 0 Å². The van der Waals surface area contributed by atoms with E-state index in [9.17, 15) is 23.7 Å². The van der Waals surface area contributed by atoms with Crippen LogP contribution in [0.1, 0.15) is 0 Å². The molecule has 0 aromatic carbocycles. The predicted octanol–water partition coefficient (Wildman–Crippen LogP) is -1.99. The monoisotopic (exact) mass is 277 g/mol. The lowest BCUT2D eigenvalue weighted by Crippen LogP contribution is -2.32. The third kappa shape index (κ3) is 2.59. The predicted molar refractivity (Wildman–Crippen MR) is 50.7 cm³/mol. The summed E-state index contributed by atoms with van der Waals surface area (Å²) in [4.78, 5) is 43.5. The van der Waals surface area contributed by atoms with Gasteiger partial charge in [0, 0.05) is 4.57 Å². The van der Waals surface area contributed by atoms with Crippen LogP contribution >= 0.6 is 8.25 Å². The molecule has 2 fully saturated rings. The highest BCUT2D eigenvalue weighted by Gasteiger charge is 2.44. The zero-order valence-electron chi connectivity index (χ0n) is 8.46. The molecule has 0 aromatic rings. The second-order valence-corrected chi connectivity index (χ2v) is 3.99. The van der Waals surface area contributed by atoms with Crippen LogP contribution in [0.5, 0.6) is 0 Å². The van der Waals surface area contributed by atoms with E-state index in [1.54, 1.807) is 0 Å². The molecule has 2 heterocycles. The molecule has 96 valence electrons. The molecule has 2 rings (SSSR count). The van der Waals surface area contributed by atoms with Gasteiger partial charge in [-0.25, -0.2) is 9.59 Å². The lowest BCUT2D eigenvalue weighted by Gasteiger charge is -1.99. The lowest BCUT2D eigenvalue weighted by molar-refractivity contribution is -0.126. The first kappa shape index (κ1) is 12.4. The Hall–Kier alpha value is -2.10. The zero-order chi connectivity index (χ0) is 13.3. The molecule has 2 aliphatic rings. The molecule has 18 heavy (non-hydrogen) atoms. The number of rotatable bonds is 4. The molecule has 2 saturated heterocycles.